The summed E-state index contributed by atoms with van der Waals surface area (Å²) in [4.78, 5) is 23.0. The van der Waals surface area contributed by atoms with Crippen molar-refractivity contribution >= 4 is 11.9 Å². The third-order valence-corrected chi connectivity index (χ3v) is 2.85. The van der Waals surface area contributed by atoms with E-state index in [1.807, 2.05) is 31.2 Å². The molecular weight excluding hydrogens is 232 g/mol. The van der Waals surface area contributed by atoms with Crippen LogP contribution in [-0.4, -0.2) is 18.0 Å². The maximum absolute atomic E-state index is 11.7. The van der Waals surface area contributed by atoms with Crippen molar-refractivity contribution in [1.29, 1.82) is 0 Å². The molecule has 4 nitrogen and oxygen atoms in total. The van der Waals surface area contributed by atoms with Crippen LogP contribution in [-0.2, 0) is 20.7 Å². The molecule has 0 aliphatic carbocycles. The second-order valence-corrected chi connectivity index (χ2v) is 4.30. The van der Waals surface area contributed by atoms with Gasteiger partial charge in [0.05, 0.1) is 0 Å². The molecule has 1 aliphatic heterocycles. The minimum atomic E-state index is -0.666. The number of carbonyl (C=O) groups excluding carboxylic acids is 2. The summed E-state index contributed by atoms with van der Waals surface area (Å²) < 4.78 is 10.3. The molecule has 1 heterocycles. The number of rotatable bonds is 3. The summed E-state index contributed by atoms with van der Waals surface area (Å²) >= 11 is 0. The Morgan fingerprint density at radius 1 is 1.39 bits per heavy atom. The lowest BCUT2D eigenvalue weighted by Crippen LogP contribution is -2.34. The van der Waals surface area contributed by atoms with Gasteiger partial charge in [0.2, 0.25) is 0 Å². The zero-order valence-electron chi connectivity index (χ0n) is 10.3. The average Bonchev–Trinajstić information content (AvgIpc) is 2.38. The Labute approximate surface area is 106 Å². The molecule has 4 heteroatoms. The fraction of sp³-hybridized carbons (Fsp3) is 0.429. The Balaban J connectivity index is 1.96. The molecule has 0 saturated heterocycles. The Morgan fingerprint density at radius 2 is 2.17 bits per heavy atom. The highest BCUT2D eigenvalue weighted by Crippen LogP contribution is 2.27. The Morgan fingerprint density at radius 3 is 2.94 bits per heavy atom. The van der Waals surface area contributed by atoms with E-state index in [9.17, 15) is 9.59 Å². The van der Waals surface area contributed by atoms with Crippen LogP contribution >= 0.6 is 0 Å². The van der Waals surface area contributed by atoms with Gasteiger partial charge in [-0.15, -0.1) is 0 Å². The first kappa shape index (κ1) is 12.6. The van der Waals surface area contributed by atoms with Gasteiger partial charge in [-0.25, -0.2) is 4.79 Å². The molecule has 0 aromatic heterocycles. The van der Waals surface area contributed by atoms with Crippen LogP contribution in [0.15, 0.2) is 24.3 Å². The maximum Gasteiger partial charge on any atom is 0.354 e. The van der Waals surface area contributed by atoms with Crippen LogP contribution in [0.3, 0.4) is 0 Å². The average molecular weight is 248 g/mol. The summed E-state index contributed by atoms with van der Waals surface area (Å²) in [6.45, 7) is 1.86. The lowest BCUT2D eigenvalue weighted by Gasteiger charge is -2.24. The predicted octanol–water partition coefficient (Wildman–Crippen LogP) is 2.25. The van der Waals surface area contributed by atoms with E-state index in [-0.39, 0.29) is 6.42 Å². The number of aryl methyl sites for hydroxylation is 1. The number of para-hydroxylation sites is 1. The largest absolute Gasteiger partial charge is 0.478 e. The van der Waals surface area contributed by atoms with Crippen molar-refractivity contribution in [3.8, 4) is 5.75 Å². The zero-order valence-corrected chi connectivity index (χ0v) is 10.3. The molecule has 1 aromatic rings. The summed E-state index contributed by atoms with van der Waals surface area (Å²) in [5.41, 5.74) is 1.08. The van der Waals surface area contributed by atoms with Crippen LogP contribution in [0.4, 0.5) is 0 Å². The molecule has 18 heavy (non-hydrogen) atoms. The van der Waals surface area contributed by atoms with Crippen LogP contribution < -0.4 is 4.74 Å². The van der Waals surface area contributed by atoms with E-state index in [4.69, 9.17) is 9.47 Å². The lowest BCUT2D eigenvalue weighted by molar-refractivity contribution is -0.165. The van der Waals surface area contributed by atoms with E-state index in [0.717, 1.165) is 12.0 Å². The molecule has 0 spiro atoms. The molecule has 0 radical (unpaired) electrons. The van der Waals surface area contributed by atoms with Crippen LogP contribution in [0, 0.1) is 0 Å². The first-order valence-corrected chi connectivity index (χ1v) is 6.19. The summed E-state index contributed by atoms with van der Waals surface area (Å²) in [6, 6.07) is 7.59. The fourth-order valence-corrected chi connectivity index (χ4v) is 1.92. The van der Waals surface area contributed by atoms with Crippen LogP contribution in [0.5, 0.6) is 5.75 Å². The number of hydrogen-bond acceptors (Lipinski definition) is 4. The molecule has 2 rings (SSSR count). The molecule has 96 valence electrons. The Hall–Kier alpha value is -1.84. The van der Waals surface area contributed by atoms with Gasteiger partial charge in [0, 0.05) is 6.42 Å². The third kappa shape index (κ3) is 2.88. The summed E-state index contributed by atoms with van der Waals surface area (Å²) in [5.74, 6) is -0.360. The van der Waals surface area contributed by atoms with E-state index >= 15 is 0 Å². The molecule has 0 bridgehead atoms. The first-order valence-electron chi connectivity index (χ1n) is 6.19. The van der Waals surface area contributed by atoms with Crippen molar-refractivity contribution < 1.29 is 19.1 Å². The van der Waals surface area contributed by atoms with Gasteiger partial charge in [-0.3, -0.25) is 4.79 Å². The topological polar surface area (TPSA) is 52.6 Å². The van der Waals surface area contributed by atoms with Gasteiger partial charge < -0.3 is 9.47 Å². The summed E-state index contributed by atoms with van der Waals surface area (Å²) in [7, 11) is 0. The highest BCUT2D eigenvalue weighted by molar-refractivity contribution is 5.88. The molecule has 1 aliphatic rings. The quantitative estimate of drug-likeness (QED) is 0.608. The van der Waals surface area contributed by atoms with Crippen molar-refractivity contribution in [3.05, 3.63) is 29.8 Å². The fourth-order valence-electron chi connectivity index (χ4n) is 1.92. The van der Waals surface area contributed by atoms with E-state index in [1.165, 1.54) is 0 Å². The molecule has 0 fully saturated rings. The normalized spacial score (nSPS) is 17.5. The molecule has 0 N–H and O–H groups in total. The lowest BCUT2D eigenvalue weighted by atomic mass is 10.0. The minimum absolute atomic E-state index is 0.259. The van der Waals surface area contributed by atoms with Crippen molar-refractivity contribution in [2.45, 2.75) is 38.7 Å². The number of hydrogen-bond donors (Lipinski definition) is 0. The van der Waals surface area contributed by atoms with Crippen molar-refractivity contribution in [1.82, 2.24) is 0 Å². The monoisotopic (exact) mass is 248 g/mol. The highest BCUT2D eigenvalue weighted by Gasteiger charge is 2.28. The highest BCUT2D eigenvalue weighted by atomic mass is 16.6. The van der Waals surface area contributed by atoms with Gasteiger partial charge in [0.1, 0.15) is 5.75 Å². The predicted molar refractivity (Wildman–Crippen MR) is 65.2 cm³/mol. The number of fused-ring (bicyclic) bond motifs is 1. The second-order valence-electron chi connectivity index (χ2n) is 4.30. The standard InChI is InChI=1S/C14H16O4/c1-2-5-13(15)18-14(16)12-9-8-10-6-3-4-7-11(10)17-12/h3-4,6-7,12H,2,5,8-9H2,1H3. The molecule has 0 saturated carbocycles. The van der Waals surface area contributed by atoms with Gasteiger partial charge in [-0.1, -0.05) is 25.1 Å². The number of carbonyl (C=O) groups is 2. The van der Waals surface area contributed by atoms with Gasteiger partial charge in [-0.05, 0) is 30.9 Å². The van der Waals surface area contributed by atoms with Gasteiger partial charge in [-0.2, -0.15) is 0 Å². The first-order chi connectivity index (χ1) is 8.70. The van der Waals surface area contributed by atoms with Crippen LogP contribution in [0.2, 0.25) is 0 Å². The van der Waals surface area contributed by atoms with Crippen molar-refractivity contribution in [2.75, 3.05) is 0 Å². The minimum Gasteiger partial charge on any atom is -0.478 e. The molecule has 1 aromatic carbocycles. The van der Waals surface area contributed by atoms with E-state index < -0.39 is 18.0 Å². The zero-order chi connectivity index (χ0) is 13.0. The van der Waals surface area contributed by atoms with Crippen LogP contribution in [0.25, 0.3) is 0 Å². The SMILES string of the molecule is CCCC(=O)OC(=O)C1CCc2ccccc2O1. The van der Waals surface area contributed by atoms with E-state index in [1.54, 1.807) is 0 Å². The van der Waals surface area contributed by atoms with Gasteiger partial charge in [0.15, 0.2) is 6.10 Å². The van der Waals surface area contributed by atoms with E-state index in [0.29, 0.717) is 18.6 Å². The second kappa shape index (κ2) is 5.67. The Bertz CT molecular complexity index is 453. The van der Waals surface area contributed by atoms with Crippen molar-refractivity contribution in [2.24, 2.45) is 0 Å². The summed E-state index contributed by atoms with van der Waals surface area (Å²) in [6.07, 6.45) is 1.57. The molecule has 0 amide bonds. The van der Waals surface area contributed by atoms with Crippen molar-refractivity contribution in [3.63, 3.8) is 0 Å². The molecule has 1 atom stereocenters. The van der Waals surface area contributed by atoms with Crippen LogP contribution in [0.1, 0.15) is 31.7 Å². The van der Waals surface area contributed by atoms with Gasteiger partial charge >= 0.3 is 11.9 Å². The smallest absolute Gasteiger partial charge is 0.354 e. The summed E-state index contributed by atoms with van der Waals surface area (Å²) in [5, 5.41) is 0. The number of ether oxygens (including phenoxy) is 2. The number of esters is 2. The number of benzene rings is 1. The maximum atomic E-state index is 11.7. The van der Waals surface area contributed by atoms with E-state index in [2.05, 4.69) is 0 Å². The molecular formula is C14H16O4. The Kier molecular flexibility index (Phi) is 3.97. The van der Waals surface area contributed by atoms with Gasteiger partial charge in [0.25, 0.3) is 0 Å². The third-order valence-electron chi connectivity index (χ3n) is 2.85. The molecule has 1 unspecified atom stereocenters.